The Kier molecular flexibility index (Phi) is 30.9. The van der Waals surface area contributed by atoms with Crippen molar-refractivity contribution in [2.45, 2.75) is 25.2 Å². The van der Waals surface area contributed by atoms with Crippen LogP contribution in [0.5, 0.6) is 0 Å². The van der Waals surface area contributed by atoms with Crippen LogP contribution in [-0.4, -0.2) is 43.6 Å². The van der Waals surface area contributed by atoms with Crippen molar-refractivity contribution in [2.75, 3.05) is 20.4 Å². The van der Waals surface area contributed by atoms with Gasteiger partial charge in [0, 0.05) is 32.4 Å². The first kappa shape index (κ1) is 39.5. The van der Waals surface area contributed by atoms with Gasteiger partial charge in [-0.25, -0.2) is 9.59 Å². The summed E-state index contributed by atoms with van der Waals surface area (Å²) in [6.45, 7) is 30.4. The molecule has 0 aromatic rings. The minimum absolute atomic E-state index is 0. The van der Waals surface area contributed by atoms with E-state index in [1.165, 1.54) is 25.4 Å². The summed E-state index contributed by atoms with van der Waals surface area (Å²) in [5.41, 5.74) is 3.40. The third kappa shape index (κ3) is 9.33. The van der Waals surface area contributed by atoms with Gasteiger partial charge in [0.05, 0.1) is 25.4 Å². The smallest absolute Gasteiger partial charge is 0 e. The van der Waals surface area contributed by atoms with Crippen LogP contribution in [0.25, 0.3) is 0 Å². The molecule has 11 heteroatoms. The van der Waals surface area contributed by atoms with E-state index < -0.39 is 19.9 Å². The molecule has 0 amide bonds. The van der Waals surface area contributed by atoms with Crippen LogP contribution in [0.4, 0.5) is 0 Å². The van der Waals surface area contributed by atoms with Crippen LogP contribution in [0, 0.1) is 33.3 Å². The summed E-state index contributed by atoms with van der Waals surface area (Å²) in [7, 11) is 2.13. The van der Waals surface area contributed by atoms with Crippen LogP contribution in [0.3, 0.4) is 0 Å². The normalized spacial score (nSPS) is 18.3. The van der Waals surface area contributed by atoms with Crippen molar-refractivity contribution in [1.29, 1.82) is 0 Å². The van der Waals surface area contributed by atoms with E-state index in [-0.39, 0.29) is 32.4 Å². The van der Waals surface area contributed by atoms with E-state index in [0.717, 1.165) is 6.16 Å². The number of hydrogen-bond donors (Lipinski definition) is 0. The summed E-state index contributed by atoms with van der Waals surface area (Å²) in [6, 6.07) is 0. The molecule has 0 fully saturated rings. The number of rotatable bonds is 4. The fourth-order valence-electron chi connectivity index (χ4n) is 3.16. The minimum atomic E-state index is -0.558. The molecule has 0 N–H and O–H groups in total. The van der Waals surface area contributed by atoms with Gasteiger partial charge in [-0.2, -0.15) is 0 Å². The molecule has 0 saturated heterocycles. The Labute approximate surface area is 196 Å². The first-order valence-electron chi connectivity index (χ1n) is 7.46. The Morgan fingerprint density at radius 1 is 0.839 bits per heavy atom. The molecule has 0 radical (unpaired) electrons. The standard InChI is InChI=1S/C15H19O4P.5CO.W/c1-6-7-20-12-8(2)9(3)13(20)11(15(17)19-5)10(12)14(16)18-4;5*1-2;/h6,12-13H,1,7H2,2-5H3;;;;;;/t12-,13+,20?;;;;;;. The molecule has 2 heterocycles. The first-order chi connectivity index (χ1) is 14.5. The van der Waals surface area contributed by atoms with E-state index >= 15 is 0 Å². The van der Waals surface area contributed by atoms with E-state index in [4.69, 9.17) is 32.7 Å². The molecule has 9 nitrogen and oxygen atoms in total. The van der Waals surface area contributed by atoms with E-state index in [1.807, 2.05) is 19.9 Å². The van der Waals surface area contributed by atoms with Crippen molar-refractivity contribution in [1.82, 2.24) is 0 Å². The van der Waals surface area contributed by atoms with Gasteiger partial charge in [-0.15, -0.1) is 6.58 Å². The molecule has 164 valence electrons. The molecule has 2 rings (SSSR count). The Morgan fingerprint density at radius 3 is 1.29 bits per heavy atom. The maximum absolute atomic E-state index is 12.1. The number of ether oxygens (including phenoxy) is 2. The second-order valence-electron chi connectivity index (χ2n) is 4.97. The van der Waals surface area contributed by atoms with Gasteiger partial charge in [0.25, 0.3) is 0 Å². The summed E-state index contributed by atoms with van der Waals surface area (Å²) in [4.78, 5) is 24.2. The zero-order valence-electron chi connectivity index (χ0n) is 17.2. The molecule has 0 spiro atoms. The monoisotopic (exact) mass is 618 g/mol. The van der Waals surface area contributed by atoms with Crippen molar-refractivity contribution >= 4 is 19.9 Å². The number of carbonyl (C=O) groups excluding carboxylic acids is 2. The van der Waals surface area contributed by atoms with Crippen molar-refractivity contribution in [3.05, 3.63) is 68.2 Å². The topological polar surface area (TPSA) is 152 Å². The molecule has 2 aliphatic rings. The van der Waals surface area contributed by atoms with Gasteiger partial charge < -0.3 is 9.47 Å². The molecule has 0 saturated carbocycles. The van der Waals surface area contributed by atoms with Crippen molar-refractivity contribution in [3.63, 3.8) is 0 Å². The Morgan fingerprint density at radius 2 is 1.10 bits per heavy atom. The van der Waals surface area contributed by atoms with Crippen molar-refractivity contribution in [2.24, 2.45) is 0 Å². The van der Waals surface area contributed by atoms with Crippen LogP contribution >= 0.6 is 7.92 Å². The number of allylic oxidation sites excluding steroid dienone is 3. The van der Waals surface area contributed by atoms with Gasteiger partial charge in [-0.1, -0.05) is 25.1 Å². The van der Waals surface area contributed by atoms with Crippen LogP contribution < -0.4 is 0 Å². The molecule has 2 aliphatic heterocycles. The van der Waals surface area contributed by atoms with Crippen LogP contribution in [0.2, 0.25) is 0 Å². The summed E-state index contributed by atoms with van der Waals surface area (Å²) >= 11 is 0. The largest absolute Gasteiger partial charge is 0 e. The second-order valence-corrected chi connectivity index (χ2v) is 7.39. The Balaban J connectivity index is -0.000000180. The fourth-order valence-corrected chi connectivity index (χ4v) is 6.73. The third-order valence-electron chi connectivity index (χ3n) is 4.09. The average molecular weight is 618 g/mol. The van der Waals surface area contributed by atoms with Gasteiger partial charge in [-0.05, 0) is 20.0 Å². The van der Waals surface area contributed by atoms with E-state index in [1.54, 1.807) is 0 Å². The van der Waals surface area contributed by atoms with Crippen LogP contribution in [0.15, 0.2) is 34.9 Å². The van der Waals surface area contributed by atoms with E-state index in [0.29, 0.717) is 11.1 Å². The molecular formula is C20H19O9PW. The Hall–Kier alpha value is -2.02. The number of fused-ring (bicyclic) bond motifs is 2. The fraction of sp³-hybridized carbons (Fsp3) is 0.350. The van der Waals surface area contributed by atoms with Gasteiger partial charge in [0.1, 0.15) is 0 Å². The first-order valence-corrected chi connectivity index (χ1v) is 9.12. The van der Waals surface area contributed by atoms with E-state index in [2.05, 4.69) is 39.8 Å². The van der Waals surface area contributed by atoms with Gasteiger partial charge >= 0.3 is 68.5 Å². The maximum atomic E-state index is 12.1. The Bertz CT molecular complexity index is 680. The maximum Gasteiger partial charge on any atom is 0 e. The molecular weight excluding hydrogens is 599 g/mol. The van der Waals surface area contributed by atoms with Crippen LogP contribution in [-0.2, 0) is 63.4 Å². The third-order valence-corrected chi connectivity index (χ3v) is 7.39. The van der Waals surface area contributed by atoms with Gasteiger partial charge in [0.15, 0.2) is 0 Å². The minimum Gasteiger partial charge on any atom is 0 e. The summed E-state index contributed by atoms with van der Waals surface area (Å²) < 4.78 is 47.3. The SMILES string of the molecule is C=CCP1[C@@H]2C(C)=C(C)[C@H]1C(C(=O)OC)=C2C(=O)OC.[C-]#[O+].[C-]#[O+].[C-]#[O+].[C-]#[O+].[C-]#[O+].[W]. The summed E-state index contributed by atoms with van der Waals surface area (Å²) in [5.74, 6) is -0.831. The van der Waals surface area contributed by atoms with Gasteiger partial charge in [0.2, 0.25) is 0 Å². The predicted molar refractivity (Wildman–Crippen MR) is 98.6 cm³/mol. The molecule has 1 unspecified atom stereocenters. The van der Waals surface area contributed by atoms with Crippen molar-refractivity contribution in [3.8, 4) is 0 Å². The number of hydrogen-bond acceptors (Lipinski definition) is 4. The molecule has 0 aliphatic carbocycles. The molecule has 0 aromatic heterocycles. The summed E-state index contributed by atoms with van der Waals surface area (Å²) in [6.07, 6.45) is 2.69. The average Bonchev–Trinajstić information content (AvgIpc) is 3.29. The molecule has 31 heavy (non-hydrogen) atoms. The number of methoxy groups -OCH3 is 2. The predicted octanol–water partition coefficient (Wildman–Crippen LogP) is 2.21. The van der Waals surface area contributed by atoms with Crippen LogP contribution in [0.1, 0.15) is 13.8 Å². The molecule has 2 bridgehead atoms. The second kappa shape index (κ2) is 24.2. The quantitative estimate of drug-likeness (QED) is 0.156. The number of esters is 2. The molecule has 0 aromatic carbocycles. The number of carbonyl (C=O) groups is 2. The van der Waals surface area contributed by atoms with Crippen molar-refractivity contribution < 1.29 is 63.4 Å². The molecule has 3 atom stereocenters. The van der Waals surface area contributed by atoms with Gasteiger partial charge in [-0.3, -0.25) is 0 Å². The summed E-state index contributed by atoms with van der Waals surface area (Å²) in [5, 5.41) is 0. The van der Waals surface area contributed by atoms with E-state index in [9.17, 15) is 9.59 Å². The zero-order valence-corrected chi connectivity index (χ0v) is 21.0. The zero-order chi connectivity index (χ0) is 25.0.